The van der Waals surface area contributed by atoms with E-state index in [0.717, 1.165) is 18.4 Å². The lowest BCUT2D eigenvalue weighted by atomic mass is 9.96. The Kier molecular flexibility index (Phi) is 6.08. The second-order valence-corrected chi connectivity index (χ2v) is 7.28. The molecule has 0 spiro atoms. The monoisotopic (exact) mass is 376 g/mol. The number of nitrogens with zero attached hydrogens (tertiary/aromatic N) is 1. The molecule has 1 amide bonds. The zero-order chi connectivity index (χ0) is 18.5. The predicted molar refractivity (Wildman–Crippen MR) is 104 cm³/mol. The number of rotatable bonds is 5. The van der Waals surface area contributed by atoms with Crippen molar-refractivity contribution in [1.29, 1.82) is 0 Å². The highest BCUT2D eigenvalue weighted by Gasteiger charge is 2.25. The topological polar surface area (TPSA) is 69.2 Å². The molecule has 26 heavy (non-hydrogen) atoms. The summed E-state index contributed by atoms with van der Waals surface area (Å²) in [5, 5.41) is 3.56. The Morgan fingerprint density at radius 3 is 2.31 bits per heavy atom. The molecule has 2 fully saturated rings. The summed E-state index contributed by atoms with van der Waals surface area (Å²) in [6.07, 6.45) is 7.74. The number of benzene rings is 1. The molecule has 1 aromatic carbocycles. The lowest BCUT2D eigenvalue weighted by molar-refractivity contribution is -0.115. The van der Waals surface area contributed by atoms with E-state index in [2.05, 4.69) is 5.32 Å². The van der Waals surface area contributed by atoms with Crippen LogP contribution in [0.15, 0.2) is 22.0 Å². The van der Waals surface area contributed by atoms with E-state index in [9.17, 15) is 4.79 Å². The van der Waals surface area contributed by atoms with E-state index in [1.807, 2.05) is 18.2 Å². The van der Waals surface area contributed by atoms with Crippen LogP contribution in [-0.4, -0.2) is 38.4 Å². The molecule has 0 unspecified atom stereocenters. The van der Waals surface area contributed by atoms with Crippen molar-refractivity contribution in [2.45, 2.75) is 38.1 Å². The van der Waals surface area contributed by atoms with Crippen LogP contribution in [0.2, 0.25) is 0 Å². The van der Waals surface area contributed by atoms with Gasteiger partial charge in [0.25, 0.3) is 5.91 Å². The molecule has 1 aliphatic carbocycles. The summed E-state index contributed by atoms with van der Waals surface area (Å²) < 4.78 is 16.1. The average molecular weight is 376 g/mol. The molecule has 0 bridgehead atoms. The van der Waals surface area contributed by atoms with E-state index in [4.69, 9.17) is 19.2 Å². The maximum atomic E-state index is 12.3. The van der Waals surface area contributed by atoms with Gasteiger partial charge in [-0.25, -0.2) is 0 Å². The molecule has 2 aliphatic rings. The molecule has 1 aliphatic heterocycles. The highest BCUT2D eigenvalue weighted by Crippen LogP contribution is 2.39. The number of aliphatic imine (C=N–C) groups is 1. The first-order chi connectivity index (χ1) is 12.6. The van der Waals surface area contributed by atoms with Crippen LogP contribution in [0, 0.1) is 0 Å². The van der Waals surface area contributed by atoms with Gasteiger partial charge in [-0.1, -0.05) is 19.3 Å². The Morgan fingerprint density at radius 2 is 1.73 bits per heavy atom. The largest absolute Gasteiger partial charge is 0.493 e. The molecule has 1 N–H and O–H groups in total. The van der Waals surface area contributed by atoms with Crippen LogP contribution >= 0.6 is 11.8 Å². The van der Waals surface area contributed by atoms with E-state index < -0.39 is 0 Å². The summed E-state index contributed by atoms with van der Waals surface area (Å²) in [6.45, 7) is 0. The van der Waals surface area contributed by atoms with Crippen LogP contribution < -0.4 is 19.5 Å². The maximum absolute atomic E-state index is 12.3. The van der Waals surface area contributed by atoms with Crippen molar-refractivity contribution in [2.24, 2.45) is 4.99 Å². The van der Waals surface area contributed by atoms with Crippen LogP contribution in [0.25, 0.3) is 6.08 Å². The van der Waals surface area contributed by atoms with Gasteiger partial charge in [0.2, 0.25) is 5.75 Å². The zero-order valence-electron chi connectivity index (χ0n) is 15.3. The van der Waals surface area contributed by atoms with Gasteiger partial charge in [0.15, 0.2) is 16.7 Å². The molecular weight excluding hydrogens is 352 g/mol. The van der Waals surface area contributed by atoms with Crippen LogP contribution in [0.4, 0.5) is 0 Å². The van der Waals surface area contributed by atoms with Crippen molar-refractivity contribution >= 4 is 28.9 Å². The van der Waals surface area contributed by atoms with E-state index >= 15 is 0 Å². The second kappa shape index (κ2) is 8.49. The van der Waals surface area contributed by atoms with Gasteiger partial charge in [0, 0.05) is 0 Å². The summed E-state index contributed by atoms with van der Waals surface area (Å²) in [7, 11) is 4.70. The van der Waals surface area contributed by atoms with Gasteiger partial charge in [-0.05, 0) is 48.4 Å². The molecule has 1 aromatic rings. The lowest BCUT2D eigenvalue weighted by Crippen LogP contribution is -2.22. The van der Waals surface area contributed by atoms with Gasteiger partial charge >= 0.3 is 0 Å². The third-order valence-electron chi connectivity index (χ3n) is 4.51. The lowest BCUT2D eigenvalue weighted by Gasteiger charge is -2.17. The average Bonchev–Trinajstić information content (AvgIpc) is 3.00. The highest BCUT2D eigenvalue weighted by atomic mass is 32.2. The molecule has 1 saturated carbocycles. The van der Waals surface area contributed by atoms with Gasteiger partial charge in [0.05, 0.1) is 32.3 Å². The van der Waals surface area contributed by atoms with Crippen LogP contribution in [0.5, 0.6) is 17.2 Å². The predicted octanol–water partition coefficient (Wildman–Crippen LogP) is 3.61. The van der Waals surface area contributed by atoms with Crippen molar-refractivity contribution in [3.05, 3.63) is 22.6 Å². The number of methoxy groups -OCH3 is 3. The molecule has 6 nitrogen and oxygen atoms in total. The van der Waals surface area contributed by atoms with Gasteiger partial charge in [-0.3, -0.25) is 9.79 Å². The van der Waals surface area contributed by atoms with Crippen LogP contribution in [0.1, 0.15) is 37.7 Å². The highest BCUT2D eigenvalue weighted by molar-refractivity contribution is 8.18. The minimum Gasteiger partial charge on any atom is -0.493 e. The fourth-order valence-corrected chi connectivity index (χ4v) is 4.09. The van der Waals surface area contributed by atoms with E-state index in [0.29, 0.717) is 33.4 Å². The van der Waals surface area contributed by atoms with Crippen molar-refractivity contribution < 1.29 is 19.0 Å². The number of amides is 1. The Bertz CT molecular complexity index is 714. The van der Waals surface area contributed by atoms with E-state index in [1.54, 1.807) is 21.3 Å². The van der Waals surface area contributed by atoms with Crippen molar-refractivity contribution in [1.82, 2.24) is 5.32 Å². The summed E-state index contributed by atoms with van der Waals surface area (Å²) >= 11 is 1.38. The molecule has 0 aromatic heterocycles. The Balaban J connectivity index is 1.83. The number of amidine groups is 1. The molecule has 7 heteroatoms. The Hall–Kier alpha value is -2.15. The number of carbonyl (C=O) groups is 1. The third kappa shape index (κ3) is 4.15. The number of hydrogen-bond acceptors (Lipinski definition) is 6. The number of ether oxygens (including phenoxy) is 3. The number of hydrogen-bond donors (Lipinski definition) is 1. The Morgan fingerprint density at radius 1 is 1.08 bits per heavy atom. The molecule has 0 radical (unpaired) electrons. The van der Waals surface area contributed by atoms with Crippen molar-refractivity contribution in [2.75, 3.05) is 21.3 Å². The second-order valence-electron chi connectivity index (χ2n) is 6.25. The number of nitrogens with one attached hydrogen (secondary N) is 1. The first-order valence-corrected chi connectivity index (χ1v) is 9.55. The first-order valence-electron chi connectivity index (χ1n) is 8.73. The number of carbonyl (C=O) groups excluding carboxylic acids is 1. The van der Waals surface area contributed by atoms with Gasteiger partial charge in [-0.15, -0.1) is 0 Å². The smallest absolute Gasteiger partial charge is 0.264 e. The first kappa shape index (κ1) is 18.6. The molecule has 140 valence electrons. The fraction of sp³-hybridized carbons (Fsp3) is 0.474. The van der Waals surface area contributed by atoms with E-state index in [1.165, 1.54) is 31.0 Å². The molecule has 1 heterocycles. The fourth-order valence-electron chi connectivity index (χ4n) is 3.20. The molecule has 1 saturated heterocycles. The number of thioether (sulfide) groups is 1. The molecule has 3 rings (SSSR count). The van der Waals surface area contributed by atoms with Gasteiger partial charge in [-0.2, -0.15) is 0 Å². The van der Waals surface area contributed by atoms with Gasteiger partial charge < -0.3 is 19.5 Å². The normalized spacial score (nSPS) is 21.1. The third-order valence-corrected chi connectivity index (χ3v) is 5.43. The van der Waals surface area contributed by atoms with E-state index in [-0.39, 0.29) is 5.91 Å². The van der Waals surface area contributed by atoms with Crippen molar-refractivity contribution in [3.63, 3.8) is 0 Å². The minimum atomic E-state index is -0.127. The maximum Gasteiger partial charge on any atom is 0.264 e. The molecular formula is C19H24N2O4S. The SMILES string of the molecule is COc1cc(/C=C2/SC(=NC3CCCCC3)NC2=O)cc(OC)c1OC. The van der Waals surface area contributed by atoms with Crippen LogP contribution in [-0.2, 0) is 4.79 Å². The van der Waals surface area contributed by atoms with Crippen molar-refractivity contribution in [3.8, 4) is 17.2 Å². The quantitative estimate of drug-likeness (QED) is 0.795. The summed E-state index contributed by atoms with van der Waals surface area (Å²) in [5.74, 6) is 1.51. The Labute approximate surface area is 158 Å². The zero-order valence-corrected chi connectivity index (χ0v) is 16.1. The molecule has 0 atom stereocenters. The minimum absolute atomic E-state index is 0.127. The van der Waals surface area contributed by atoms with Crippen LogP contribution in [0.3, 0.4) is 0 Å². The summed E-state index contributed by atoms with van der Waals surface area (Å²) in [4.78, 5) is 17.6. The standard InChI is InChI=1S/C19H24N2O4S/c1-23-14-9-12(10-15(24-2)17(14)25-3)11-16-18(22)21-19(26-16)20-13-7-5-4-6-8-13/h9-11,13H,4-8H2,1-3H3,(H,20,21,22)/b16-11+. The summed E-state index contributed by atoms with van der Waals surface area (Å²) in [6, 6.07) is 3.96. The van der Waals surface area contributed by atoms with Gasteiger partial charge in [0.1, 0.15) is 0 Å². The summed E-state index contributed by atoms with van der Waals surface area (Å²) in [5.41, 5.74) is 0.802.